The molecule has 0 aliphatic heterocycles. The monoisotopic (exact) mass is 356 g/mol. The summed E-state index contributed by atoms with van der Waals surface area (Å²) in [6.45, 7) is 2.62. The minimum absolute atomic E-state index is 0.126. The van der Waals surface area contributed by atoms with Gasteiger partial charge in [0.05, 0.1) is 11.1 Å². The molecular formula is C16H25BrN2O2. The molecule has 0 spiro atoms. The molecule has 0 aliphatic rings. The van der Waals surface area contributed by atoms with Gasteiger partial charge in [0.15, 0.2) is 0 Å². The maximum absolute atomic E-state index is 11.4. The maximum atomic E-state index is 11.4. The Hall–Kier alpha value is -1.07. The van der Waals surface area contributed by atoms with Gasteiger partial charge in [0.25, 0.3) is 0 Å². The molecule has 0 bridgehead atoms. The van der Waals surface area contributed by atoms with Crippen LogP contribution in [0.2, 0.25) is 0 Å². The largest absolute Gasteiger partial charge is 0.492 e. The van der Waals surface area contributed by atoms with Gasteiger partial charge in [0.1, 0.15) is 5.75 Å². The van der Waals surface area contributed by atoms with E-state index in [-0.39, 0.29) is 11.9 Å². The molecule has 4 nitrogen and oxygen atoms in total. The summed E-state index contributed by atoms with van der Waals surface area (Å²) in [4.78, 5) is 13.0. The third kappa shape index (κ3) is 6.48. The molecule has 0 saturated carbocycles. The number of benzene rings is 1. The Morgan fingerprint density at radius 3 is 2.71 bits per heavy atom. The molecule has 0 heterocycles. The SMILES string of the molecule is CCC(N)Cc1ccc(OCCCC(=O)N(C)C)c(Br)c1. The predicted octanol–water partition coefficient (Wildman–Crippen LogP) is 2.98. The number of hydrogen-bond acceptors (Lipinski definition) is 3. The van der Waals surface area contributed by atoms with Gasteiger partial charge in [-0.25, -0.2) is 0 Å². The Kier molecular flexibility index (Phi) is 7.75. The van der Waals surface area contributed by atoms with Crippen molar-refractivity contribution in [1.29, 1.82) is 0 Å². The van der Waals surface area contributed by atoms with Crippen LogP contribution in [-0.2, 0) is 11.2 Å². The van der Waals surface area contributed by atoms with Gasteiger partial charge in [0, 0.05) is 26.6 Å². The summed E-state index contributed by atoms with van der Waals surface area (Å²) in [6, 6.07) is 6.24. The van der Waals surface area contributed by atoms with E-state index in [4.69, 9.17) is 10.5 Å². The number of ether oxygens (including phenoxy) is 1. The molecule has 1 atom stereocenters. The standard InChI is InChI=1S/C16H25BrN2O2/c1-4-13(18)10-12-7-8-15(14(17)11-12)21-9-5-6-16(20)19(2)3/h7-8,11,13H,4-6,9-10,18H2,1-3H3. The van der Waals surface area contributed by atoms with E-state index in [0.29, 0.717) is 19.4 Å². The van der Waals surface area contributed by atoms with Crippen LogP contribution in [0.25, 0.3) is 0 Å². The van der Waals surface area contributed by atoms with Gasteiger partial charge in [-0.3, -0.25) is 4.79 Å². The Bertz CT molecular complexity index is 464. The number of nitrogens with zero attached hydrogens (tertiary/aromatic N) is 1. The summed E-state index contributed by atoms with van der Waals surface area (Å²) in [6.07, 6.45) is 3.06. The van der Waals surface area contributed by atoms with Crippen molar-refractivity contribution in [2.75, 3.05) is 20.7 Å². The highest BCUT2D eigenvalue weighted by molar-refractivity contribution is 9.10. The lowest BCUT2D eigenvalue weighted by Crippen LogP contribution is -2.21. The second-order valence-corrected chi connectivity index (χ2v) is 6.23. The number of carbonyl (C=O) groups excluding carboxylic acids is 1. The number of amides is 1. The lowest BCUT2D eigenvalue weighted by Gasteiger charge is -2.13. The highest BCUT2D eigenvalue weighted by Crippen LogP contribution is 2.26. The van der Waals surface area contributed by atoms with Crippen molar-refractivity contribution in [1.82, 2.24) is 4.90 Å². The molecule has 0 aliphatic carbocycles. The van der Waals surface area contributed by atoms with Gasteiger partial charge in [-0.05, 0) is 52.9 Å². The Morgan fingerprint density at radius 2 is 2.14 bits per heavy atom. The molecule has 1 unspecified atom stereocenters. The number of halogens is 1. The minimum Gasteiger partial charge on any atom is -0.492 e. The Morgan fingerprint density at radius 1 is 1.43 bits per heavy atom. The van der Waals surface area contributed by atoms with Gasteiger partial charge < -0.3 is 15.4 Å². The van der Waals surface area contributed by atoms with Gasteiger partial charge >= 0.3 is 0 Å². The summed E-state index contributed by atoms with van der Waals surface area (Å²) in [5, 5.41) is 0. The molecule has 0 aromatic heterocycles. The summed E-state index contributed by atoms with van der Waals surface area (Å²) in [5.41, 5.74) is 7.16. The lowest BCUT2D eigenvalue weighted by atomic mass is 10.0. The Balaban J connectivity index is 2.44. The van der Waals surface area contributed by atoms with E-state index < -0.39 is 0 Å². The number of nitrogens with two attached hydrogens (primary N) is 1. The fourth-order valence-corrected chi connectivity index (χ4v) is 2.41. The molecule has 1 rings (SSSR count). The number of hydrogen-bond donors (Lipinski definition) is 1. The fourth-order valence-electron chi connectivity index (χ4n) is 1.86. The van der Waals surface area contributed by atoms with Crippen LogP contribution < -0.4 is 10.5 Å². The highest BCUT2D eigenvalue weighted by Gasteiger charge is 2.07. The van der Waals surface area contributed by atoms with Gasteiger partial charge in [0.2, 0.25) is 5.91 Å². The zero-order valence-corrected chi connectivity index (χ0v) is 14.6. The van der Waals surface area contributed by atoms with E-state index in [0.717, 1.165) is 23.1 Å². The van der Waals surface area contributed by atoms with Crippen LogP contribution in [0.4, 0.5) is 0 Å². The topological polar surface area (TPSA) is 55.6 Å². The van der Waals surface area contributed by atoms with Gasteiger partial charge in [-0.15, -0.1) is 0 Å². The zero-order valence-electron chi connectivity index (χ0n) is 13.1. The Labute approximate surface area is 135 Å². The lowest BCUT2D eigenvalue weighted by molar-refractivity contribution is -0.128. The van der Waals surface area contributed by atoms with Crippen molar-refractivity contribution in [2.45, 2.75) is 38.6 Å². The van der Waals surface area contributed by atoms with Crippen LogP contribution >= 0.6 is 15.9 Å². The second kappa shape index (κ2) is 9.05. The van der Waals surface area contributed by atoms with Crippen LogP contribution in [0.3, 0.4) is 0 Å². The molecular weight excluding hydrogens is 332 g/mol. The van der Waals surface area contributed by atoms with Gasteiger partial charge in [-0.1, -0.05) is 13.0 Å². The second-order valence-electron chi connectivity index (χ2n) is 5.38. The molecule has 0 radical (unpaired) electrons. The van der Waals surface area contributed by atoms with E-state index in [1.54, 1.807) is 19.0 Å². The first-order valence-electron chi connectivity index (χ1n) is 7.31. The van der Waals surface area contributed by atoms with Crippen molar-refractivity contribution in [3.8, 4) is 5.75 Å². The molecule has 21 heavy (non-hydrogen) atoms. The molecule has 1 aromatic rings. The van der Waals surface area contributed by atoms with E-state index in [1.807, 2.05) is 12.1 Å². The minimum atomic E-state index is 0.126. The van der Waals surface area contributed by atoms with Crippen molar-refractivity contribution in [3.63, 3.8) is 0 Å². The van der Waals surface area contributed by atoms with Crippen molar-refractivity contribution < 1.29 is 9.53 Å². The van der Waals surface area contributed by atoms with Crippen LogP contribution in [0, 0.1) is 0 Å². The van der Waals surface area contributed by atoms with Crippen LogP contribution in [0.5, 0.6) is 5.75 Å². The van der Waals surface area contributed by atoms with Crippen molar-refractivity contribution >= 4 is 21.8 Å². The fraction of sp³-hybridized carbons (Fsp3) is 0.562. The number of carbonyl (C=O) groups is 1. The smallest absolute Gasteiger partial charge is 0.222 e. The third-order valence-electron chi connectivity index (χ3n) is 3.31. The molecule has 118 valence electrons. The first-order valence-corrected chi connectivity index (χ1v) is 8.10. The molecule has 1 amide bonds. The molecule has 5 heteroatoms. The van der Waals surface area contributed by atoms with Crippen molar-refractivity contribution in [3.05, 3.63) is 28.2 Å². The van der Waals surface area contributed by atoms with E-state index in [2.05, 4.69) is 28.9 Å². The van der Waals surface area contributed by atoms with Crippen molar-refractivity contribution in [2.24, 2.45) is 5.73 Å². The molecule has 2 N–H and O–H groups in total. The van der Waals surface area contributed by atoms with Crippen LogP contribution in [0.15, 0.2) is 22.7 Å². The maximum Gasteiger partial charge on any atom is 0.222 e. The first kappa shape index (κ1) is 18.0. The summed E-state index contributed by atoms with van der Waals surface area (Å²) < 4.78 is 6.64. The van der Waals surface area contributed by atoms with Crippen LogP contribution in [-0.4, -0.2) is 37.6 Å². The van der Waals surface area contributed by atoms with Gasteiger partial charge in [-0.2, -0.15) is 0 Å². The van der Waals surface area contributed by atoms with E-state index in [1.165, 1.54) is 5.56 Å². The summed E-state index contributed by atoms with van der Waals surface area (Å²) in [7, 11) is 3.53. The molecule has 0 saturated heterocycles. The third-order valence-corrected chi connectivity index (χ3v) is 3.93. The zero-order chi connectivity index (χ0) is 15.8. The summed E-state index contributed by atoms with van der Waals surface area (Å²) in [5.74, 6) is 0.933. The quantitative estimate of drug-likeness (QED) is 0.728. The summed E-state index contributed by atoms with van der Waals surface area (Å²) >= 11 is 3.52. The van der Waals surface area contributed by atoms with E-state index in [9.17, 15) is 4.79 Å². The van der Waals surface area contributed by atoms with E-state index >= 15 is 0 Å². The number of rotatable bonds is 8. The molecule has 0 fully saturated rings. The predicted molar refractivity (Wildman–Crippen MR) is 89.5 cm³/mol. The average Bonchev–Trinajstić information content (AvgIpc) is 2.44. The molecule has 1 aromatic carbocycles. The highest BCUT2D eigenvalue weighted by atomic mass is 79.9. The average molecular weight is 357 g/mol. The normalized spacial score (nSPS) is 12.0. The first-order chi connectivity index (χ1) is 9.93. The van der Waals surface area contributed by atoms with Crippen LogP contribution in [0.1, 0.15) is 31.7 Å².